The summed E-state index contributed by atoms with van der Waals surface area (Å²) in [6.07, 6.45) is 3.70. The number of para-hydroxylation sites is 1. The van der Waals surface area contributed by atoms with Gasteiger partial charge in [0.15, 0.2) is 0 Å². The van der Waals surface area contributed by atoms with Crippen LogP contribution in [-0.4, -0.2) is 12.9 Å². The van der Waals surface area contributed by atoms with Crippen LogP contribution in [0.4, 0.5) is 5.69 Å². The second kappa shape index (κ2) is 7.04. The quantitative estimate of drug-likeness (QED) is 0.587. The van der Waals surface area contributed by atoms with Crippen LogP contribution in [0.1, 0.15) is 33.1 Å². The summed E-state index contributed by atoms with van der Waals surface area (Å²) in [4.78, 5) is 4.34. The number of amidine groups is 1. The van der Waals surface area contributed by atoms with E-state index in [0.717, 1.165) is 11.5 Å². The van der Waals surface area contributed by atoms with Crippen LogP contribution < -0.4 is 5.32 Å². The Balaban J connectivity index is 2.56. The summed E-state index contributed by atoms with van der Waals surface area (Å²) in [7, 11) is 1.85. The molecule has 0 heterocycles. The number of aliphatic imine (C=N–C) groups is 1. The highest BCUT2D eigenvalue weighted by molar-refractivity contribution is 5.96. The zero-order valence-electron chi connectivity index (χ0n) is 10.5. The molecule has 1 atom stereocenters. The average Bonchev–Trinajstić information content (AvgIpc) is 2.34. The minimum Gasteiger partial charge on any atom is -0.344 e. The molecule has 0 bridgehead atoms. The van der Waals surface area contributed by atoms with Crippen molar-refractivity contribution in [2.75, 3.05) is 12.4 Å². The Bertz CT molecular complexity index is 317. The van der Waals surface area contributed by atoms with Gasteiger partial charge in [0.2, 0.25) is 0 Å². The first-order chi connectivity index (χ1) is 7.77. The van der Waals surface area contributed by atoms with Gasteiger partial charge in [-0.05, 0) is 18.6 Å². The van der Waals surface area contributed by atoms with Gasteiger partial charge in [-0.15, -0.1) is 0 Å². The molecule has 1 aromatic rings. The van der Waals surface area contributed by atoms with Crippen LogP contribution in [-0.2, 0) is 0 Å². The number of benzene rings is 1. The standard InChI is InChI=1S/C14H22N2/c1-4-5-9-12(2)14(15-3)16-13-10-7-6-8-11-13/h6-8,10-12H,4-5,9H2,1-3H3,(H,15,16)/t12-/m0/s1. The van der Waals surface area contributed by atoms with E-state index in [-0.39, 0.29) is 0 Å². The molecule has 0 aliphatic carbocycles. The van der Waals surface area contributed by atoms with E-state index in [2.05, 4.69) is 36.3 Å². The van der Waals surface area contributed by atoms with Crippen LogP contribution in [0.2, 0.25) is 0 Å². The van der Waals surface area contributed by atoms with Gasteiger partial charge in [0, 0.05) is 18.7 Å². The van der Waals surface area contributed by atoms with Gasteiger partial charge in [-0.3, -0.25) is 4.99 Å². The highest BCUT2D eigenvalue weighted by Crippen LogP contribution is 2.13. The minimum atomic E-state index is 0.505. The lowest BCUT2D eigenvalue weighted by Gasteiger charge is -2.16. The maximum Gasteiger partial charge on any atom is 0.103 e. The molecule has 0 aliphatic heterocycles. The first kappa shape index (κ1) is 12.8. The highest BCUT2D eigenvalue weighted by atomic mass is 15.0. The van der Waals surface area contributed by atoms with Gasteiger partial charge in [-0.25, -0.2) is 0 Å². The summed E-state index contributed by atoms with van der Waals surface area (Å²) in [5, 5.41) is 3.39. The average molecular weight is 218 g/mol. The fourth-order valence-electron chi connectivity index (χ4n) is 1.72. The summed E-state index contributed by atoms with van der Waals surface area (Å²) < 4.78 is 0. The molecule has 16 heavy (non-hydrogen) atoms. The SMILES string of the molecule is CCCC[C@H](C)C(=NC)Nc1ccccc1. The fraction of sp³-hybridized carbons (Fsp3) is 0.500. The highest BCUT2D eigenvalue weighted by Gasteiger charge is 2.09. The van der Waals surface area contributed by atoms with Gasteiger partial charge in [0.05, 0.1) is 0 Å². The topological polar surface area (TPSA) is 24.4 Å². The number of anilines is 1. The molecule has 1 rings (SSSR count). The van der Waals surface area contributed by atoms with Crippen LogP contribution in [0.25, 0.3) is 0 Å². The summed E-state index contributed by atoms with van der Waals surface area (Å²) in [6, 6.07) is 10.2. The van der Waals surface area contributed by atoms with E-state index in [4.69, 9.17) is 0 Å². The second-order valence-electron chi connectivity index (χ2n) is 4.14. The lowest BCUT2D eigenvalue weighted by atomic mass is 10.0. The fourth-order valence-corrected chi connectivity index (χ4v) is 1.72. The Labute approximate surface area is 98.8 Å². The molecule has 0 saturated heterocycles. The molecular weight excluding hydrogens is 196 g/mol. The third kappa shape index (κ3) is 4.05. The van der Waals surface area contributed by atoms with Crippen LogP contribution in [0.15, 0.2) is 35.3 Å². The molecule has 0 spiro atoms. The molecule has 1 N–H and O–H groups in total. The number of rotatable bonds is 5. The molecular formula is C14H22N2. The first-order valence-electron chi connectivity index (χ1n) is 6.06. The van der Waals surface area contributed by atoms with Crippen LogP contribution in [0, 0.1) is 5.92 Å². The smallest absolute Gasteiger partial charge is 0.103 e. The normalized spacial score (nSPS) is 13.6. The van der Waals surface area contributed by atoms with Crippen molar-refractivity contribution in [2.24, 2.45) is 10.9 Å². The van der Waals surface area contributed by atoms with Crippen molar-refractivity contribution in [3.63, 3.8) is 0 Å². The van der Waals surface area contributed by atoms with Crippen molar-refractivity contribution in [3.05, 3.63) is 30.3 Å². The van der Waals surface area contributed by atoms with Gasteiger partial charge in [-0.1, -0.05) is 44.9 Å². The minimum absolute atomic E-state index is 0.505. The van der Waals surface area contributed by atoms with E-state index in [9.17, 15) is 0 Å². The third-order valence-electron chi connectivity index (χ3n) is 2.74. The van der Waals surface area contributed by atoms with Crippen molar-refractivity contribution in [1.29, 1.82) is 0 Å². The number of nitrogens with one attached hydrogen (secondary N) is 1. The number of hydrogen-bond acceptors (Lipinski definition) is 1. The Morgan fingerprint density at radius 3 is 2.56 bits per heavy atom. The van der Waals surface area contributed by atoms with Crippen molar-refractivity contribution >= 4 is 11.5 Å². The first-order valence-corrected chi connectivity index (χ1v) is 6.06. The molecule has 0 amide bonds. The van der Waals surface area contributed by atoms with Crippen molar-refractivity contribution in [3.8, 4) is 0 Å². The molecule has 0 radical (unpaired) electrons. The van der Waals surface area contributed by atoms with Crippen LogP contribution in [0.5, 0.6) is 0 Å². The van der Waals surface area contributed by atoms with Gasteiger partial charge in [0.25, 0.3) is 0 Å². The number of hydrogen-bond donors (Lipinski definition) is 1. The lowest BCUT2D eigenvalue weighted by Crippen LogP contribution is -2.20. The molecule has 1 aromatic carbocycles. The predicted octanol–water partition coefficient (Wildman–Crippen LogP) is 3.95. The van der Waals surface area contributed by atoms with Gasteiger partial charge in [0.1, 0.15) is 5.84 Å². The van der Waals surface area contributed by atoms with Gasteiger partial charge < -0.3 is 5.32 Å². The zero-order valence-corrected chi connectivity index (χ0v) is 10.5. The Kier molecular flexibility index (Phi) is 5.62. The van der Waals surface area contributed by atoms with E-state index in [1.807, 2.05) is 25.2 Å². The maximum atomic E-state index is 4.34. The second-order valence-corrected chi connectivity index (χ2v) is 4.14. The number of nitrogens with zero attached hydrogens (tertiary/aromatic N) is 1. The summed E-state index contributed by atoms with van der Waals surface area (Å²) in [5.41, 5.74) is 1.12. The van der Waals surface area contributed by atoms with E-state index in [1.165, 1.54) is 19.3 Å². The van der Waals surface area contributed by atoms with Gasteiger partial charge in [-0.2, -0.15) is 0 Å². The Morgan fingerprint density at radius 2 is 2.00 bits per heavy atom. The molecule has 0 aliphatic rings. The molecule has 2 nitrogen and oxygen atoms in total. The summed E-state index contributed by atoms with van der Waals surface area (Å²) in [5.74, 6) is 1.59. The van der Waals surface area contributed by atoms with E-state index >= 15 is 0 Å². The summed E-state index contributed by atoms with van der Waals surface area (Å²) in [6.45, 7) is 4.45. The maximum absolute atomic E-state index is 4.34. The van der Waals surface area contributed by atoms with Gasteiger partial charge >= 0.3 is 0 Å². The Morgan fingerprint density at radius 1 is 1.31 bits per heavy atom. The molecule has 0 saturated carbocycles. The summed E-state index contributed by atoms with van der Waals surface area (Å²) >= 11 is 0. The molecule has 0 unspecified atom stereocenters. The molecule has 88 valence electrons. The molecule has 0 fully saturated rings. The van der Waals surface area contributed by atoms with E-state index < -0.39 is 0 Å². The van der Waals surface area contributed by atoms with Crippen molar-refractivity contribution in [2.45, 2.75) is 33.1 Å². The van der Waals surface area contributed by atoms with Crippen molar-refractivity contribution in [1.82, 2.24) is 0 Å². The van der Waals surface area contributed by atoms with Crippen molar-refractivity contribution < 1.29 is 0 Å². The van der Waals surface area contributed by atoms with Crippen LogP contribution >= 0.6 is 0 Å². The largest absolute Gasteiger partial charge is 0.344 e. The van der Waals surface area contributed by atoms with E-state index in [0.29, 0.717) is 5.92 Å². The van der Waals surface area contributed by atoms with E-state index in [1.54, 1.807) is 0 Å². The zero-order chi connectivity index (χ0) is 11.8. The molecule has 0 aromatic heterocycles. The monoisotopic (exact) mass is 218 g/mol. The molecule has 2 heteroatoms. The predicted molar refractivity (Wildman–Crippen MR) is 72.1 cm³/mol. The number of unbranched alkanes of at least 4 members (excludes halogenated alkanes) is 1. The van der Waals surface area contributed by atoms with Crippen LogP contribution in [0.3, 0.4) is 0 Å². The lowest BCUT2D eigenvalue weighted by molar-refractivity contribution is 0.623. The third-order valence-corrected chi connectivity index (χ3v) is 2.74. The Hall–Kier alpha value is -1.31.